The lowest BCUT2D eigenvalue weighted by atomic mass is 9.77. The lowest BCUT2D eigenvalue weighted by Crippen LogP contribution is -2.44. The van der Waals surface area contributed by atoms with Gasteiger partial charge in [-0.3, -0.25) is 4.98 Å². The minimum absolute atomic E-state index is 0.115. The predicted octanol–water partition coefficient (Wildman–Crippen LogP) is 3.20. The van der Waals surface area contributed by atoms with Crippen LogP contribution in [0.2, 0.25) is 0 Å². The summed E-state index contributed by atoms with van der Waals surface area (Å²) < 4.78 is 6.19. The van der Waals surface area contributed by atoms with Crippen LogP contribution in [0.4, 0.5) is 0 Å². The van der Waals surface area contributed by atoms with Crippen molar-refractivity contribution in [2.45, 2.75) is 58.2 Å². The zero-order chi connectivity index (χ0) is 13.7. The lowest BCUT2D eigenvalue weighted by molar-refractivity contribution is -0.0824. The van der Waals surface area contributed by atoms with E-state index in [1.807, 2.05) is 12.3 Å². The van der Waals surface area contributed by atoms with Crippen molar-refractivity contribution in [3.63, 3.8) is 0 Å². The molecule has 2 rings (SSSR count). The van der Waals surface area contributed by atoms with E-state index in [1.165, 1.54) is 24.8 Å². The Balaban J connectivity index is 1.95. The van der Waals surface area contributed by atoms with E-state index in [0.717, 1.165) is 24.5 Å². The molecule has 2 N–H and O–H groups in total. The number of nitrogens with zero attached hydrogens (tertiary/aromatic N) is 1. The van der Waals surface area contributed by atoms with Gasteiger partial charge in [0.2, 0.25) is 0 Å². The Labute approximate surface area is 116 Å². The smallest absolute Gasteiger partial charge is 0.0898 e. The monoisotopic (exact) mass is 262 g/mol. The molecule has 0 radical (unpaired) electrons. The van der Waals surface area contributed by atoms with E-state index in [0.29, 0.717) is 13.2 Å². The maximum atomic E-state index is 6.19. The van der Waals surface area contributed by atoms with E-state index in [1.54, 1.807) is 0 Å². The van der Waals surface area contributed by atoms with Gasteiger partial charge in [-0.1, -0.05) is 19.4 Å². The third kappa shape index (κ3) is 3.54. The van der Waals surface area contributed by atoms with Crippen LogP contribution < -0.4 is 5.73 Å². The molecule has 1 heterocycles. The molecule has 1 aromatic heterocycles. The molecule has 3 heteroatoms. The summed E-state index contributed by atoms with van der Waals surface area (Å²) in [6.07, 6.45) is 7.78. The van der Waals surface area contributed by atoms with Gasteiger partial charge in [-0.25, -0.2) is 0 Å². The second-order valence-electron chi connectivity index (χ2n) is 5.79. The van der Waals surface area contributed by atoms with E-state index >= 15 is 0 Å². The fourth-order valence-corrected chi connectivity index (χ4v) is 2.91. The molecule has 1 aromatic rings. The Morgan fingerprint density at radius 2 is 2.16 bits per heavy atom. The number of aryl methyl sites for hydroxylation is 1. The van der Waals surface area contributed by atoms with E-state index in [2.05, 4.69) is 24.9 Å². The van der Waals surface area contributed by atoms with Gasteiger partial charge in [0.1, 0.15) is 0 Å². The second-order valence-corrected chi connectivity index (χ2v) is 5.79. The molecular weight excluding hydrogens is 236 g/mol. The van der Waals surface area contributed by atoms with E-state index < -0.39 is 0 Å². The molecule has 1 saturated carbocycles. The van der Waals surface area contributed by atoms with Gasteiger partial charge >= 0.3 is 0 Å². The van der Waals surface area contributed by atoms with Crippen LogP contribution in [0.25, 0.3) is 0 Å². The normalized spacial score (nSPS) is 27.4. The SMILES string of the molecule is CCC1CCC(CN)(OCc2ncccc2C)CC1. The molecule has 1 aliphatic rings. The van der Waals surface area contributed by atoms with Crippen LogP contribution in [-0.4, -0.2) is 17.1 Å². The summed E-state index contributed by atoms with van der Waals surface area (Å²) in [6.45, 7) is 5.56. The molecule has 0 amide bonds. The van der Waals surface area contributed by atoms with Crippen molar-refractivity contribution >= 4 is 0 Å². The fraction of sp³-hybridized carbons (Fsp3) is 0.688. The van der Waals surface area contributed by atoms with E-state index in [9.17, 15) is 0 Å². The Morgan fingerprint density at radius 1 is 1.42 bits per heavy atom. The summed E-state index contributed by atoms with van der Waals surface area (Å²) in [7, 11) is 0. The van der Waals surface area contributed by atoms with Gasteiger partial charge in [0.15, 0.2) is 0 Å². The zero-order valence-corrected chi connectivity index (χ0v) is 12.2. The maximum absolute atomic E-state index is 6.19. The minimum Gasteiger partial charge on any atom is -0.367 e. The van der Waals surface area contributed by atoms with Crippen molar-refractivity contribution in [1.29, 1.82) is 0 Å². The summed E-state index contributed by atoms with van der Waals surface area (Å²) in [4.78, 5) is 4.39. The van der Waals surface area contributed by atoms with Crippen molar-refractivity contribution < 1.29 is 4.74 Å². The Morgan fingerprint density at radius 3 is 2.74 bits per heavy atom. The molecule has 0 spiro atoms. The Kier molecular flexibility index (Phi) is 4.94. The quantitative estimate of drug-likeness (QED) is 0.886. The molecule has 19 heavy (non-hydrogen) atoms. The molecule has 0 bridgehead atoms. The van der Waals surface area contributed by atoms with Gasteiger partial charge in [-0.2, -0.15) is 0 Å². The van der Waals surface area contributed by atoms with Gasteiger partial charge < -0.3 is 10.5 Å². The lowest BCUT2D eigenvalue weighted by Gasteiger charge is -2.39. The van der Waals surface area contributed by atoms with Crippen LogP contribution in [0.15, 0.2) is 18.3 Å². The van der Waals surface area contributed by atoms with Crippen LogP contribution in [0.5, 0.6) is 0 Å². The fourth-order valence-electron chi connectivity index (χ4n) is 2.91. The Bertz CT molecular complexity index is 397. The summed E-state index contributed by atoms with van der Waals surface area (Å²) in [5.41, 5.74) is 8.09. The second kappa shape index (κ2) is 6.49. The van der Waals surface area contributed by atoms with Crippen LogP contribution in [0.3, 0.4) is 0 Å². The first-order chi connectivity index (χ1) is 9.19. The molecule has 0 aliphatic heterocycles. The minimum atomic E-state index is -0.115. The van der Waals surface area contributed by atoms with Crippen LogP contribution in [-0.2, 0) is 11.3 Å². The third-order valence-corrected chi connectivity index (χ3v) is 4.60. The van der Waals surface area contributed by atoms with Crippen LogP contribution >= 0.6 is 0 Å². The molecule has 3 nitrogen and oxygen atoms in total. The highest BCUT2D eigenvalue weighted by Crippen LogP contribution is 2.36. The first-order valence-corrected chi connectivity index (χ1v) is 7.43. The number of ether oxygens (including phenoxy) is 1. The summed E-state index contributed by atoms with van der Waals surface area (Å²) in [6, 6.07) is 4.04. The molecule has 0 atom stereocenters. The number of rotatable bonds is 5. The molecule has 0 saturated heterocycles. The number of hydrogen-bond donors (Lipinski definition) is 1. The average Bonchev–Trinajstić information content (AvgIpc) is 2.47. The van der Waals surface area contributed by atoms with Gasteiger partial charge in [0.05, 0.1) is 17.9 Å². The number of hydrogen-bond acceptors (Lipinski definition) is 3. The van der Waals surface area contributed by atoms with E-state index in [-0.39, 0.29) is 5.60 Å². The van der Waals surface area contributed by atoms with Crippen LogP contribution in [0, 0.1) is 12.8 Å². The summed E-state index contributed by atoms with van der Waals surface area (Å²) in [5.74, 6) is 0.861. The van der Waals surface area contributed by atoms with Crippen LogP contribution in [0.1, 0.15) is 50.3 Å². The van der Waals surface area contributed by atoms with Crippen molar-refractivity contribution in [3.8, 4) is 0 Å². The molecular formula is C16H26N2O. The number of aromatic nitrogens is 1. The summed E-state index contributed by atoms with van der Waals surface area (Å²) in [5, 5.41) is 0. The third-order valence-electron chi connectivity index (χ3n) is 4.60. The first kappa shape index (κ1) is 14.5. The molecule has 0 unspecified atom stereocenters. The van der Waals surface area contributed by atoms with Crippen molar-refractivity contribution in [1.82, 2.24) is 4.98 Å². The summed E-state index contributed by atoms with van der Waals surface area (Å²) >= 11 is 0. The highest BCUT2D eigenvalue weighted by Gasteiger charge is 2.34. The highest BCUT2D eigenvalue weighted by atomic mass is 16.5. The highest BCUT2D eigenvalue weighted by molar-refractivity contribution is 5.16. The predicted molar refractivity (Wildman–Crippen MR) is 77.8 cm³/mol. The molecule has 1 fully saturated rings. The van der Waals surface area contributed by atoms with Crippen molar-refractivity contribution in [2.24, 2.45) is 11.7 Å². The Hall–Kier alpha value is -0.930. The number of nitrogens with two attached hydrogens (primary N) is 1. The number of pyridine rings is 1. The van der Waals surface area contributed by atoms with Gasteiger partial charge in [0, 0.05) is 12.7 Å². The van der Waals surface area contributed by atoms with Crippen molar-refractivity contribution in [2.75, 3.05) is 6.54 Å². The molecule has 1 aliphatic carbocycles. The van der Waals surface area contributed by atoms with Crippen molar-refractivity contribution in [3.05, 3.63) is 29.6 Å². The van der Waals surface area contributed by atoms with E-state index in [4.69, 9.17) is 10.5 Å². The zero-order valence-electron chi connectivity index (χ0n) is 12.2. The molecule has 106 valence electrons. The average molecular weight is 262 g/mol. The molecule has 0 aromatic carbocycles. The van der Waals surface area contributed by atoms with Gasteiger partial charge in [-0.05, 0) is 50.2 Å². The first-order valence-electron chi connectivity index (χ1n) is 7.43. The van der Waals surface area contributed by atoms with Gasteiger partial charge in [-0.15, -0.1) is 0 Å². The largest absolute Gasteiger partial charge is 0.367 e. The van der Waals surface area contributed by atoms with Gasteiger partial charge in [0.25, 0.3) is 0 Å². The topological polar surface area (TPSA) is 48.1 Å². The maximum Gasteiger partial charge on any atom is 0.0898 e. The standard InChI is InChI=1S/C16H26N2O/c1-3-14-6-8-16(12-17,9-7-14)19-11-15-13(2)5-4-10-18-15/h4-5,10,14H,3,6-9,11-12,17H2,1-2H3.